The second-order valence-corrected chi connectivity index (χ2v) is 5.20. The largest absolute Gasteiger partial charge is 0.497 e. The van der Waals surface area contributed by atoms with Crippen LogP contribution >= 0.6 is 0 Å². The Bertz CT molecular complexity index is 559. The summed E-state index contributed by atoms with van der Waals surface area (Å²) >= 11 is 0. The number of amides is 2. The van der Waals surface area contributed by atoms with Gasteiger partial charge in [0, 0.05) is 12.1 Å². The van der Waals surface area contributed by atoms with Crippen molar-refractivity contribution in [2.45, 2.75) is 25.3 Å². The van der Waals surface area contributed by atoms with Crippen LogP contribution < -0.4 is 21.1 Å². The fourth-order valence-corrected chi connectivity index (χ4v) is 1.96. The molecule has 1 aromatic rings. The number of aliphatic carboxylic acids is 1. The second kappa shape index (κ2) is 10.2. The first-order valence-electron chi connectivity index (χ1n) is 7.61. The van der Waals surface area contributed by atoms with E-state index in [-0.39, 0.29) is 5.91 Å². The fourth-order valence-electron chi connectivity index (χ4n) is 1.96. The molecule has 0 aliphatic carbocycles. The number of hydrogen-bond acceptors (Lipinski definition) is 5. The quantitative estimate of drug-likeness (QED) is 0.449. The molecule has 8 heteroatoms. The molecule has 132 valence electrons. The van der Waals surface area contributed by atoms with Gasteiger partial charge in [-0.1, -0.05) is 0 Å². The van der Waals surface area contributed by atoms with E-state index in [9.17, 15) is 14.4 Å². The lowest BCUT2D eigenvalue weighted by Gasteiger charge is -2.11. The minimum Gasteiger partial charge on any atom is -0.497 e. The van der Waals surface area contributed by atoms with E-state index in [1.165, 1.54) is 0 Å². The Morgan fingerprint density at radius 2 is 1.83 bits per heavy atom. The third-order valence-corrected chi connectivity index (χ3v) is 3.33. The summed E-state index contributed by atoms with van der Waals surface area (Å²) in [6.07, 6.45) is 1.73. The first-order chi connectivity index (χ1) is 11.4. The molecule has 0 aliphatic heterocycles. The molecule has 1 aromatic carbocycles. The number of rotatable bonds is 10. The molecule has 0 aromatic heterocycles. The molecular formula is C16H23N3O5. The van der Waals surface area contributed by atoms with Gasteiger partial charge in [0.25, 0.3) is 5.91 Å². The lowest BCUT2D eigenvalue weighted by molar-refractivity contribution is -0.138. The summed E-state index contributed by atoms with van der Waals surface area (Å²) in [6.45, 7) is 0.0266. The summed E-state index contributed by atoms with van der Waals surface area (Å²) in [4.78, 5) is 33.7. The van der Waals surface area contributed by atoms with Crippen molar-refractivity contribution < 1.29 is 24.2 Å². The van der Waals surface area contributed by atoms with E-state index in [0.717, 1.165) is 0 Å². The minimum absolute atomic E-state index is 0.179. The average Bonchev–Trinajstić information content (AvgIpc) is 2.58. The van der Waals surface area contributed by atoms with Gasteiger partial charge in [0.05, 0.1) is 13.2 Å². The number of nitrogens with two attached hydrogens (primary N) is 1. The summed E-state index contributed by atoms with van der Waals surface area (Å²) in [6, 6.07) is 6.03. The molecule has 0 radical (unpaired) electrons. The van der Waals surface area contributed by atoms with Crippen LogP contribution in [0.15, 0.2) is 24.3 Å². The van der Waals surface area contributed by atoms with Gasteiger partial charge in [0.1, 0.15) is 12.3 Å². The van der Waals surface area contributed by atoms with Crippen LogP contribution in [-0.2, 0) is 9.59 Å². The van der Waals surface area contributed by atoms with Gasteiger partial charge in [0.15, 0.2) is 0 Å². The number of methoxy groups -OCH3 is 1. The molecule has 1 rings (SSSR count). The summed E-state index contributed by atoms with van der Waals surface area (Å²) in [5, 5.41) is 13.5. The zero-order valence-corrected chi connectivity index (χ0v) is 13.6. The Kier molecular flexibility index (Phi) is 8.28. The van der Waals surface area contributed by atoms with Crippen LogP contribution in [0.1, 0.15) is 29.6 Å². The highest BCUT2D eigenvalue weighted by molar-refractivity contribution is 5.94. The Balaban J connectivity index is 2.19. The van der Waals surface area contributed by atoms with Crippen LogP contribution in [0.25, 0.3) is 0 Å². The maximum atomic E-state index is 11.9. The molecule has 5 N–H and O–H groups in total. The number of carbonyl (C=O) groups is 3. The normalized spacial score (nSPS) is 11.4. The van der Waals surface area contributed by atoms with Crippen molar-refractivity contribution in [1.82, 2.24) is 10.6 Å². The standard InChI is InChI=1S/C16H23N3O5/c1-24-12-7-5-11(6-8-12)15(22)18-9-3-2-4-13(17)16(23)19-10-14(20)21/h5-8,13H,2-4,9-10,17H2,1H3,(H,18,22)(H,19,23)(H,20,21)/t13-/m1/s1. The zero-order chi connectivity index (χ0) is 17.9. The molecule has 0 heterocycles. The fraction of sp³-hybridized carbons (Fsp3) is 0.438. The minimum atomic E-state index is -1.11. The molecule has 0 bridgehead atoms. The van der Waals surface area contributed by atoms with Crippen molar-refractivity contribution >= 4 is 17.8 Å². The van der Waals surface area contributed by atoms with Crippen LogP contribution in [0.3, 0.4) is 0 Å². The van der Waals surface area contributed by atoms with Gasteiger partial charge >= 0.3 is 5.97 Å². The average molecular weight is 337 g/mol. The predicted molar refractivity (Wildman–Crippen MR) is 87.8 cm³/mol. The van der Waals surface area contributed by atoms with Crippen LogP contribution in [0.5, 0.6) is 5.75 Å². The molecule has 0 spiro atoms. The van der Waals surface area contributed by atoms with E-state index in [1.54, 1.807) is 31.4 Å². The molecule has 8 nitrogen and oxygen atoms in total. The van der Waals surface area contributed by atoms with Crippen LogP contribution in [-0.4, -0.2) is 49.1 Å². The van der Waals surface area contributed by atoms with Crippen LogP contribution in [0.2, 0.25) is 0 Å². The smallest absolute Gasteiger partial charge is 0.322 e. The Labute approximate surface area is 140 Å². The van der Waals surface area contributed by atoms with Gasteiger partial charge < -0.3 is 26.2 Å². The number of ether oxygens (including phenoxy) is 1. The molecule has 1 atom stereocenters. The summed E-state index contributed by atoms with van der Waals surface area (Å²) < 4.78 is 5.03. The molecule has 0 unspecified atom stereocenters. The van der Waals surface area contributed by atoms with E-state index < -0.39 is 24.5 Å². The Hall–Kier alpha value is -2.61. The van der Waals surface area contributed by atoms with Crippen LogP contribution in [0.4, 0.5) is 0 Å². The molecule has 2 amide bonds. The topological polar surface area (TPSA) is 131 Å². The molecule has 0 saturated carbocycles. The number of carboxylic acid groups (broad SMARTS) is 1. The monoisotopic (exact) mass is 337 g/mol. The van der Waals surface area contributed by atoms with Gasteiger partial charge in [-0.3, -0.25) is 14.4 Å². The van der Waals surface area contributed by atoms with Gasteiger partial charge in [-0.05, 0) is 43.5 Å². The molecule has 0 saturated heterocycles. The highest BCUT2D eigenvalue weighted by Gasteiger charge is 2.13. The Morgan fingerprint density at radius 3 is 2.42 bits per heavy atom. The van der Waals surface area contributed by atoms with E-state index in [0.29, 0.717) is 37.1 Å². The number of unbranched alkanes of at least 4 members (excludes halogenated alkanes) is 1. The van der Waals surface area contributed by atoms with Gasteiger partial charge in [-0.15, -0.1) is 0 Å². The second-order valence-electron chi connectivity index (χ2n) is 5.20. The maximum Gasteiger partial charge on any atom is 0.322 e. The lowest BCUT2D eigenvalue weighted by Crippen LogP contribution is -2.42. The van der Waals surface area contributed by atoms with E-state index in [2.05, 4.69) is 10.6 Å². The number of carboxylic acids is 1. The highest BCUT2D eigenvalue weighted by Crippen LogP contribution is 2.11. The van der Waals surface area contributed by atoms with E-state index in [4.69, 9.17) is 15.6 Å². The summed E-state index contributed by atoms with van der Waals surface area (Å²) in [5.74, 6) is -1.10. The Morgan fingerprint density at radius 1 is 1.17 bits per heavy atom. The molecule has 0 aliphatic rings. The first kappa shape index (κ1) is 19.4. The number of hydrogen-bond donors (Lipinski definition) is 4. The van der Waals surface area contributed by atoms with Gasteiger partial charge in [-0.25, -0.2) is 0 Å². The van der Waals surface area contributed by atoms with E-state index in [1.807, 2.05) is 0 Å². The van der Waals surface area contributed by atoms with Crippen molar-refractivity contribution in [2.24, 2.45) is 5.73 Å². The van der Waals surface area contributed by atoms with Gasteiger partial charge in [-0.2, -0.15) is 0 Å². The number of nitrogens with one attached hydrogen (secondary N) is 2. The highest BCUT2D eigenvalue weighted by atomic mass is 16.5. The first-order valence-corrected chi connectivity index (χ1v) is 7.61. The van der Waals surface area contributed by atoms with Gasteiger partial charge in [0.2, 0.25) is 5.91 Å². The van der Waals surface area contributed by atoms with E-state index >= 15 is 0 Å². The molecule has 0 fully saturated rings. The molecule has 24 heavy (non-hydrogen) atoms. The maximum absolute atomic E-state index is 11.9. The van der Waals surface area contributed by atoms with Crippen molar-refractivity contribution in [2.75, 3.05) is 20.2 Å². The van der Waals surface area contributed by atoms with Crippen molar-refractivity contribution in [3.63, 3.8) is 0 Å². The molecular weight excluding hydrogens is 314 g/mol. The third-order valence-electron chi connectivity index (χ3n) is 3.33. The summed E-state index contributed by atoms with van der Waals surface area (Å²) in [5.41, 5.74) is 6.20. The van der Waals surface area contributed by atoms with Crippen molar-refractivity contribution in [1.29, 1.82) is 0 Å². The lowest BCUT2D eigenvalue weighted by atomic mass is 10.1. The predicted octanol–water partition coefficient (Wildman–Crippen LogP) is 0.123. The number of benzene rings is 1. The van der Waals surface area contributed by atoms with Crippen LogP contribution in [0, 0.1) is 0 Å². The summed E-state index contributed by atoms with van der Waals surface area (Å²) in [7, 11) is 1.56. The number of carbonyl (C=O) groups excluding carboxylic acids is 2. The van der Waals surface area contributed by atoms with Crippen molar-refractivity contribution in [3.05, 3.63) is 29.8 Å². The SMILES string of the molecule is COc1ccc(C(=O)NCCCC[C@@H](N)C(=O)NCC(=O)O)cc1. The third kappa shape index (κ3) is 7.10. The van der Waals surface area contributed by atoms with Crippen molar-refractivity contribution in [3.8, 4) is 5.75 Å². The zero-order valence-electron chi connectivity index (χ0n) is 13.6.